The fourth-order valence-electron chi connectivity index (χ4n) is 1.35. The fraction of sp³-hybridized carbons (Fsp3) is 0.111. The molecule has 0 saturated heterocycles. The zero-order chi connectivity index (χ0) is 11.0. The molecule has 0 spiro atoms. The lowest BCUT2D eigenvalue weighted by molar-refractivity contribution is 0.382. The monoisotopic (exact) mass is 232 g/mol. The first kappa shape index (κ1) is 9.22. The van der Waals surface area contributed by atoms with Gasteiger partial charge in [-0.15, -0.1) is 11.3 Å². The molecule has 3 heterocycles. The Kier molecular flexibility index (Phi) is 2.03. The molecule has 0 unspecified atom stereocenters. The van der Waals surface area contributed by atoms with Gasteiger partial charge in [-0.1, -0.05) is 0 Å². The molecule has 6 nitrogen and oxygen atoms in total. The van der Waals surface area contributed by atoms with Crippen LogP contribution in [-0.2, 0) is 0 Å². The van der Waals surface area contributed by atoms with E-state index in [1.807, 2.05) is 5.38 Å². The lowest BCUT2D eigenvalue weighted by Gasteiger charge is -2.00. The summed E-state index contributed by atoms with van der Waals surface area (Å²) in [5.41, 5.74) is 1.93. The van der Waals surface area contributed by atoms with E-state index >= 15 is 0 Å². The molecule has 79 valence electrons. The van der Waals surface area contributed by atoms with Crippen molar-refractivity contribution in [3.05, 3.63) is 17.9 Å². The minimum atomic E-state index is 0.276. The first-order chi connectivity index (χ1) is 7.88. The summed E-state index contributed by atoms with van der Waals surface area (Å²) < 4.78 is 5.02. The number of methoxy groups -OCH3 is 1. The number of aromatic amines is 1. The van der Waals surface area contributed by atoms with E-state index in [4.69, 9.17) is 4.74 Å². The van der Waals surface area contributed by atoms with Crippen LogP contribution in [-0.4, -0.2) is 32.0 Å². The Labute approximate surface area is 94.4 Å². The Morgan fingerprint density at radius 1 is 1.44 bits per heavy atom. The summed E-state index contributed by atoms with van der Waals surface area (Å²) in [6, 6.07) is 0.276. The number of imidazole rings is 1. The second kappa shape index (κ2) is 3.53. The summed E-state index contributed by atoms with van der Waals surface area (Å²) in [7, 11) is 1.52. The summed E-state index contributed by atoms with van der Waals surface area (Å²) >= 11 is 1.49. The van der Waals surface area contributed by atoms with Crippen LogP contribution in [0, 0.1) is 6.33 Å². The lowest BCUT2D eigenvalue weighted by atomic mass is 10.4. The zero-order valence-corrected chi connectivity index (χ0v) is 9.08. The van der Waals surface area contributed by atoms with Gasteiger partial charge in [-0.2, -0.15) is 9.97 Å². The van der Waals surface area contributed by atoms with Crippen molar-refractivity contribution in [3.8, 4) is 16.7 Å². The molecule has 3 aromatic heterocycles. The molecule has 16 heavy (non-hydrogen) atoms. The standard InChI is InChI=1S/C9H6N5OS/c1-15-9-13-6(8-10-2-3-16-8)5-7(14-9)12-4-11-5/h2-3H,1H3,(H,11,12,13,14). The van der Waals surface area contributed by atoms with E-state index in [0.29, 0.717) is 11.3 Å². The second-order valence-corrected chi connectivity index (χ2v) is 3.84. The summed E-state index contributed by atoms with van der Waals surface area (Å²) in [5.74, 6) is 0. The number of hydrogen-bond acceptors (Lipinski definition) is 6. The zero-order valence-electron chi connectivity index (χ0n) is 8.26. The average molecular weight is 232 g/mol. The number of ether oxygens (including phenoxy) is 1. The highest BCUT2D eigenvalue weighted by Crippen LogP contribution is 2.26. The molecule has 7 heteroatoms. The van der Waals surface area contributed by atoms with Crippen molar-refractivity contribution in [2.45, 2.75) is 0 Å². The minimum Gasteiger partial charge on any atom is -0.467 e. The van der Waals surface area contributed by atoms with Gasteiger partial charge in [0, 0.05) is 11.6 Å². The molecule has 0 aromatic carbocycles. The van der Waals surface area contributed by atoms with E-state index in [1.165, 1.54) is 18.4 Å². The van der Waals surface area contributed by atoms with Crippen molar-refractivity contribution in [1.29, 1.82) is 0 Å². The summed E-state index contributed by atoms with van der Waals surface area (Å²) in [4.78, 5) is 19.4. The van der Waals surface area contributed by atoms with Crippen LogP contribution in [0.1, 0.15) is 0 Å². The van der Waals surface area contributed by atoms with Gasteiger partial charge in [0.15, 0.2) is 12.0 Å². The number of rotatable bonds is 2. The molecule has 0 fully saturated rings. The Bertz CT molecular complexity index is 618. The predicted octanol–water partition coefficient (Wildman–Crippen LogP) is 1.29. The van der Waals surface area contributed by atoms with Crippen LogP contribution < -0.4 is 4.74 Å². The molecule has 0 aliphatic rings. The van der Waals surface area contributed by atoms with E-state index in [-0.39, 0.29) is 6.01 Å². The molecule has 0 bridgehead atoms. The summed E-state index contributed by atoms with van der Waals surface area (Å²) in [5, 5.41) is 2.68. The molecule has 0 saturated carbocycles. The molecular formula is C9H6N5OS. The second-order valence-electron chi connectivity index (χ2n) is 2.94. The van der Waals surface area contributed by atoms with Crippen LogP contribution in [0.2, 0.25) is 0 Å². The molecule has 3 aromatic rings. The van der Waals surface area contributed by atoms with Gasteiger partial charge in [-0.25, -0.2) is 9.97 Å². The van der Waals surface area contributed by atoms with Gasteiger partial charge in [-0.05, 0) is 0 Å². The predicted molar refractivity (Wildman–Crippen MR) is 58.2 cm³/mol. The molecule has 0 aliphatic carbocycles. The van der Waals surface area contributed by atoms with Gasteiger partial charge in [0.25, 0.3) is 0 Å². The van der Waals surface area contributed by atoms with E-state index < -0.39 is 0 Å². The molecule has 0 atom stereocenters. The van der Waals surface area contributed by atoms with Crippen molar-refractivity contribution < 1.29 is 4.74 Å². The van der Waals surface area contributed by atoms with E-state index in [2.05, 4.69) is 31.2 Å². The maximum Gasteiger partial charge on any atom is 0.318 e. The number of aromatic nitrogens is 5. The maximum atomic E-state index is 5.02. The van der Waals surface area contributed by atoms with Gasteiger partial charge < -0.3 is 9.72 Å². The number of H-pyrrole nitrogens is 1. The van der Waals surface area contributed by atoms with Crippen molar-refractivity contribution in [2.75, 3.05) is 7.11 Å². The number of thiazole rings is 1. The third-order valence-electron chi connectivity index (χ3n) is 2.03. The van der Waals surface area contributed by atoms with Crippen LogP contribution in [0.5, 0.6) is 6.01 Å². The summed E-state index contributed by atoms with van der Waals surface area (Å²) in [6.07, 6.45) is 4.36. The largest absolute Gasteiger partial charge is 0.467 e. The highest BCUT2D eigenvalue weighted by atomic mass is 32.1. The fourth-order valence-corrected chi connectivity index (χ4v) is 1.98. The molecule has 1 N–H and O–H groups in total. The maximum absolute atomic E-state index is 5.02. The van der Waals surface area contributed by atoms with Gasteiger partial charge in [0.05, 0.1) is 7.11 Å². The number of nitrogens with zero attached hydrogens (tertiary/aromatic N) is 4. The van der Waals surface area contributed by atoms with E-state index in [1.54, 1.807) is 6.20 Å². The first-order valence-corrected chi connectivity index (χ1v) is 5.34. The SMILES string of the molecule is COc1nc(-c2nccs2)c2[nH][c]nc2n1. The highest BCUT2D eigenvalue weighted by Gasteiger charge is 2.13. The molecule has 1 radical (unpaired) electrons. The van der Waals surface area contributed by atoms with Gasteiger partial charge in [-0.3, -0.25) is 0 Å². The molecule has 0 aliphatic heterocycles. The first-order valence-electron chi connectivity index (χ1n) is 4.46. The van der Waals surface area contributed by atoms with Crippen LogP contribution in [0.25, 0.3) is 21.9 Å². The molecule has 3 rings (SSSR count). The highest BCUT2D eigenvalue weighted by molar-refractivity contribution is 7.13. The number of nitrogens with one attached hydrogen (secondary N) is 1. The van der Waals surface area contributed by atoms with Crippen LogP contribution in [0.3, 0.4) is 0 Å². The Morgan fingerprint density at radius 2 is 2.38 bits per heavy atom. The molecule has 0 amide bonds. The minimum absolute atomic E-state index is 0.276. The van der Waals surface area contributed by atoms with E-state index in [0.717, 1.165) is 10.5 Å². The number of hydrogen-bond donors (Lipinski definition) is 1. The smallest absolute Gasteiger partial charge is 0.318 e. The Balaban J connectivity index is 2.33. The van der Waals surface area contributed by atoms with Crippen LogP contribution >= 0.6 is 11.3 Å². The van der Waals surface area contributed by atoms with Crippen molar-refractivity contribution in [2.24, 2.45) is 0 Å². The van der Waals surface area contributed by atoms with Crippen molar-refractivity contribution >= 4 is 22.5 Å². The normalized spacial score (nSPS) is 10.8. The molecular weight excluding hydrogens is 226 g/mol. The van der Waals surface area contributed by atoms with Crippen molar-refractivity contribution in [1.82, 2.24) is 24.9 Å². The Hall–Kier alpha value is -2.02. The van der Waals surface area contributed by atoms with Crippen LogP contribution in [0.4, 0.5) is 0 Å². The lowest BCUT2D eigenvalue weighted by Crippen LogP contribution is -1.95. The van der Waals surface area contributed by atoms with Gasteiger partial charge >= 0.3 is 6.01 Å². The average Bonchev–Trinajstić information content (AvgIpc) is 2.98. The van der Waals surface area contributed by atoms with E-state index in [9.17, 15) is 0 Å². The number of fused-ring (bicyclic) bond motifs is 1. The third-order valence-corrected chi connectivity index (χ3v) is 2.81. The topological polar surface area (TPSA) is 76.6 Å². The quantitative estimate of drug-likeness (QED) is 0.720. The van der Waals surface area contributed by atoms with Crippen molar-refractivity contribution in [3.63, 3.8) is 0 Å². The summed E-state index contributed by atoms with van der Waals surface area (Å²) in [6.45, 7) is 0. The third kappa shape index (κ3) is 1.33. The van der Waals surface area contributed by atoms with Gasteiger partial charge in [0.2, 0.25) is 0 Å². The van der Waals surface area contributed by atoms with Gasteiger partial charge in [0.1, 0.15) is 16.2 Å². The Morgan fingerprint density at radius 3 is 3.12 bits per heavy atom. The van der Waals surface area contributed by atoms with Crippen LogP contribution in [0.15, 0.2) is 11.6 Å².